The van der Waals surface area contributed by atoms with Gasteiger partial charge >= 0.3 is 0 Å². The van der Waals surface area contributed by atoms with Crippen molar-refractivity contribution in [3.05, 3.63) is 16.9 Å². The zero-order valence-corrected chi connectivity index (χ0v) is 11.0. The smallest absolute Gasteiger partial charge is 0.226 e. The predicted molar refractivity (Wildman–Crippen MR) is 66.6 cm³/mol. The summed E-state index contributed by atoms with van der Waals surface area (Å²) in [5.41, 5.74) is 0. The van der Waals surface area contributed by atoms with Crippen molar-refractivity contribution < 1.29 is 4.74 Å². The van der Waals surface area contributed by atoms with Gasteiger partial charge in [0, 0.05) is 26.4 Å². The van der Waals surface area contributed by atoms with Gasteiger partial charge in [-0.2, -0.15) is 0 Å². The van der Waals surface area contributed by atoms with Crippen molar-refractivity contribution >= 4 is 21.9 Å². The van der Waals surface area contributed by atoms with Crippen molar-refractivity contribution in [2.45, 2.75) is 25.4 Å². The summed E-state index contributed by atoms with van der Waals surface area (Å²) < 4.78 is 6.41. The summed E-state index contributed by atoms with van der Waals surface area (Å²) in [5, 5.41) is 0. The molecule has 1 aliphatic heterocycles. The average molecular weight is 286 g/mol. The molecule has 1 aromatic rings. The van der Waals surface area contributed by atoms with Gasteiger partial charge in [0.15, 0.2) is 0 Å². The van der Waals surface area contributed by atoms with Gasteiger partial charge in [-0.25, -0.2) is 9.97 Å². The molecule has 88 valence electrons. The molecule has 0 aliphatic carbocycles. The number of anilines is 1. The Hall–Kier alpha value is -0.680. The quantitative estimate of drug-likeness (QED) is 0.796. The molecule has 1 saturated heterocycles. The third-order valence-corrected chi connectivity index (χ3v) is 3.20. The maximum atomic E-state index is 5.59. The van der Waals surface area contributed by atoms with E-state index >= 15 is 0 Å². The lowest BCUT2D eigenvalue weighted by atomic mass is 10.2. The van der Waals surface area contributed by atoms with Gasteiger partial charge in [0.05, 0.1) is 6.10 Å². The first-order valence-corrected chi connectivity index (χ1v) is 6.36. The van der Waals surface area contributed by atoms with Gasteiger partial charge in [-0.05, 0) is 41.3 Å². The summed E-state index contributed by atoms with van der Waals surface area (Å²) >= 11 is 3.35. The van der Waals surface area contributed by atoms with E-state index in [0.717, 1.165) is 30.1 Å². The van der Waals surface area contributed by atoms with Crippen LogP contribution in [0.5, 0.6) is 0 Å². The van der Waals surface area contributed by atoms with Crippen molar-refractivity contribution in [2.75, 3.05) is 25.1 Å². The predicted octanol–water partition coefficient (Wildman–Crippen LogP) is 2.24. The van der Waals surface area contributed by atoms with Crippen molar-refractivity contribution in [1.82, 2.24) is 9.97 Å². The molecule has 5 heteroatoms. The number of ether oxygens (including phenoxy) is 1. The van der Waals surface area contributed by atoms with Gasteiger partial charge in [0.1, 0.15) is 4.60 Å². The third-order valence-electron chi connectivity index (χ3n) is 2.76. The monoisotopic (exact) mass is 285 g/mol. The minimum absolute atomic E-state index is 0.426. The molecule has 1 aliphatic rings. The standard InChI is InChI=1S/C11H16BrN3O/c1-15(7-5-9-3-2-8-16-9)11-13-6-4-10(12)14-11/h4,6,9H,2-3,5,7-8H2,1H3. The minimum atomic E-state index is 0.426. The maximum absolute atomic E-state index is 5.59. The van der Waals surface area contributed by atoms with Crippen molar-refractivity contribution in [2.24, 2.45) is 0 Å². The fraction of sp³-hybridized carbons (Fsp3) is 0.636. The van der Waals surface area contributed by atoms with Crippen LogP contribution in [-0.2, 0) is 4.74 Å². The van der Waals surface area contributed by atoms with E-state index < -0.39 is 0 Å². The number of nitrogens with zero attached hydrogens (tertiary/aromatic N) is 3. The number of halogens is 1. The Morgan fingerprint density at radius 1 is 1.62 bits per heavy atom. The lowest BCUT2D eigenvalue weighted by Gasteiger charge is -2.18. The zero-order chi connectivity index (χ0) is 11.4. The van der Waals surface area contributed by atoms with E-state index in [1.165, 1.54) is 12.8 Å². The van der Waals surface area contributed by atoms with Gasteiger partial charge in [-0.15, -0.1) is 0 Å². The molecule has 1 atom stereocenters. The molecule has 1 unspecified atom stereocenters. The van der Waals surface area contributed by atoms with Crippen LogP contribution in [0, 0.1) is 0 Å². The zero-order valence-electron chi connectivity index (χ0n) is 9.40. The lowest BCUT2D eigenvalue weighted by Crippen LogP contribution is -2.24. The molecule has 0 spiro atoms. The van der Waals surface area contributed by atoms with Crippen LogP contribution < -0.4 is 4.90 Å². The molecule has 0 amide bonds. The van der Waals surface area contributed by atoms with Crippen LogP contribution in [0.1, 0.15) is 19.3 Å². The first-order chi connectivity index (χ1) is 7.75. The Morgan fingerprint density at radius 3 is 3.19 bits per heavy atom. The van der Waals surface area contributed by atoms with E-state index in [0.29, 0.717) is 6.10 Å². The van der Waals surface area contributed by atoms with Gasteiger partial charge in [0.25, 0.3) is 0 Å². The highest BCUT2D eigenvalue weighted by Crippen LogP contribution is 2.17. The fourth-order valence-corrected chi connectivity index (χ4v) is 2.10. The van der Waals surface area contributed by atoms with Crippen LogP contribution in [-0.4, -0.2) is 36.3 Å². The molecule has 0 aromatic carbocycles. The molecular weight excluding hydrogens is 270 g/mol. The van der Waals surface area contributed by atoms with Gasteiger partial charge in [0.2, 0.25) is 5.95 Å². The molecule has 0 radical (unpaired) electrons. The van der Waals surface area contributed by atoms with Crippen LogP contribution in [0.3, 0.4) is 0 Å². The largest absolute Gasteiger partial charge is 0.378 e. The number of hydrogen-bond donors (Lipinski definition) is 0. The molecule has 2 rings (SSSR count). The van der Waals surface area contributed by atoms with Crippen molar-refractivity contribution in [3.8, 4) is 0 Å². The van der Waals surface area contributed by atoms with E-state index in [4.69, 9.17) is 4.74 Å². The molecule has 4 nitrogen and oxygen atoms in total. The summed E-state index contributed by atoms with van der Waals surface area (Å²) in [7, 11) is 2.01. The number of rotatable bonds is 4. The van der Waals surface area contributed by atoms with Gasteiger partial charge in [-0.1, -0.05) is 0 Å². The number of hydrogen-bond acceptors (Lipinski definition) is 4. The molecule has 2 heterocycles. The van der Waals surface area contributed by atoms with Crippen molar-refractivity contribution in [3.63, 3.8) is 0 Å². The highest BCUT2D eigenvalue weighted by atomic mass is 79.9. The second kappa shape index (κ2) is 5.59. The highest BCUT2D eigenvalue weighted by molar-refractivity contribution is 9.10. The molecule has 1 fully saturated rings. The molecule has 0 bridgehead atoms. The van der Waals surface area contributed by atoms with Crippen LogP contribution in [0.25, 0.3) is 0 Å². The fourth-order valence-electron chi connectivity index (χ4n) is 1.82. The Kier molecular flexibility index (Phi) is 4.12. The SMILES string of the molecule is CN(CCC1CCCO1)c1nccc(Br)n1. The topological polar surface area (TPSA) is 38.2 Å². The Bertz CT molecular complexity index is 342. The van der Waals surface area contributed by atoms with Gasteiger partial charge < -0.3 is 9.64 Å². The first kappa shape index (κ1) is 11.8. The van der Waals surface area contributed by atoms with Crippen LogP contribution >= 0.6 is 15.9 Å². The highest BCUT2D eigenvalue weighted by Gasteiger charge is 2.16. The molecular formula is C11H16BrN3O. The molecule has 0 saturated carbocycles. The van der Waals surface area contributed by atoms with Crippen LogP contribution in [0.4, 0.5) is 5.95 Å². The lowest BCUT2D eigenvalue weighted by molar-refractivity contribution is 0.106. The Morgan fingerprint density at radius 2 is 2.50 bits per heavy atom. The Balaban J connectivity index is 1.85. The summed E-state index contributed by atoms with van der Waals surface area (Å²) in [6.07, 6.45) is 5.62. The van der Waals surface area contributed by atoms with E-state index in [1.807, 2.05) is 13.1 Å². The second-order valence-corrected chi connectivity index (χ2v) is 4.84. The Labute approximate surface area is 104 Å². The van der Waals surface area contributed by atoms with E-state index in [-0.39, 0.29) is 0 Å². The van der Waals surface area contributed by atoms with E-state index in [2.05, 4.69) is 30.8 Å². The third kappa shape index (κ3) is 3.15. The summed E-state index contributed by atoms with van der Waals surface area (Å²) in [6, 6.07) is 1.83. The maximum Gasteiger partial charge on any atom is 0.226 e. The van der Waals surface area contributed by atoms with Crippen LogP contribution in [0.2, 0.25) is 0 Å². The number of aromatic nitrogens is 2. The van der Waals surface area contributed by atoms with Gasteiger partial charge in [-0.3, -0.25) is 0 Å². The molecule has 0 N–H and O–H groups in total. The summed E-state index contributed by atoms with van der Waals surface area (Å²) in [5.74, 6) is 0.757. The van der Waals surface area contributed by atoms with Crippen molar-refractivity contribution in [1.29, 1.82) is 0 Å². The van der Waals surface area contributed by atoms with Crippen LogP contribution in [0.15, 0.2) is 16.9 Å². The average Bonchev–Trinajstić information content (AvgIpc) is 2.78. The minimum Gasteiger partial charge on any atom is -0.378 e. The van der Waals surface area contributed by atoms with E-state index in [9.17, 15) is 0 Å². The molecule has 16 heavy (non-hydrogen) atoms. The normalized spacial score (nSPS) is 20.0. The first-order valence-electron chi connectivity index (χ1n) is 5.57. The van der Waals surface area contributed by atoms with E-state index in [1.54, 1.807) is 6.20 Å². The molecule has 1 aromatic heterocycles. The second-order valence-electron chi connectivity index (χ2n) is 4.02. The summed E-state index contributed by atoms with van der Waals surface area (Å²) in [6.45, 7) is 1.85. The summed E-state index contributed by atoms with van der Waals surface area (Å²) in [4.78, 5) is 10.6.